The summed E-state index contributed by atoms with van der Waals surface area (Å²) in [5.74, 6) is 0. The van der Waals surface area contributed by atoms with Crippen LogP contribution in [0.1, 0.15) is 59.3 Å². The van der Waals surface area contributed by atoms with Gasteiger partial charge in [-0.05, 0) is 45.4 Å². The lowest BCUT2D eigenvalue weighted by Crippen LogP contribution is -2.36. The van der Waals surface area contributed by atoms with Gasteiger partial charge in [-0.3, -0.25) is 4.21 Å². The Labute approximate surface area is 101 Å². The minimum atomic E-state index is -1.90. The van der Waals surface area contributed by atoms with Crippen molar-refractivity contribution >= 4 is 11.1 Å². The molecular weight excluding hydrogens is 224 g/mol. The SMILES string of the molecule is CCC(C)(CC)OC1CCC(S(=O)[O-])CC1. The van der Waals surface area contributed by atoms with Crippen molar-refractivity contribution in [2.45, 2.75) is 76.3 Å². The molecule has 1 unspecified atom stereocenters. The molecule has 1 atom stereocenters. The first kappa shape index (κ1) is 14.1. The molecule has 3 nitrogen and oxygen atoms in total. The normalized spacial score (nSPS) is 29.0. The lowest BCUT2D eigenvalue weighted by Gasteiger charge is -2.36. The summed E-state index contributed by atoms with van der Waals surface area (Å²) in [7, 11) is 0. The summed E-state index contributed by atoms with van der Waals surface area (Å²) in [4.78, 5) is 0. The summed E-state index contributed by atoms with van der Waals surface area (Å²) in [6.45, 7) is 6.43. The average molecular weight is 247 g/mol. The molecular formula is C12H23O3S-. The van der Waals surface area contributed by atoms with E-state index >= 15 is 0 Å². The largest absolute Gasteiger partial charge is 0.772 e. The van der Waals surface area contributed by atoms with Crippen molar-refractivity contribution in [3.63, 3.8) is 0 Å². The smallest absolute Gasteiger partial charge is 0.0653 e. The first-order valence-electron chi connectivity index (χ1n) is 6.26. The van der Waals surface area contributed by atoms with Gasteiger partial charge in [0, 0.05) is 5.25 Å². The van der Waals surface area contributed by atoms with Gasteiger partial charge in [0.2, 0.25) is 0 Å². The third kappa shape index (κ3) is 3.82. The van der Waals surface area contributed by atoms with E-state index in [-0.39, 0.29) is 17.0 Å². The maximum atomic E-state index is 10.8. The van der Waals surface area contributed by atoms with Crippen molar-refractivity contribution < 1.29 is 13.5 Å². The molecule has 0 bridgehead atoms. The Bertz CT molecular complexity index is 230. The minimum absolute atomic E-state index is 0.0336. The van der Waals surface area contributed by atoms with Gasteiger partial charge in [-0.15, -0.1) is 0 Å². The van der Waals surface area contributed by atoms with Crippen LogP contribution in [0, 0.1) is 0 Å². The second-order valence-corrected chi connectivity index (χ2v) is 6.12. The van der Waals surface area contributed by atoms with Gasteiger partial charge in [0.15, 0.2) is 0 Å². The molecule has 1 rings (SSSR count). The van der Waals surface area contributed by atoms with E-state index in [1.807, 2.05) is 0 Å². The van der Waals surface area contributed by atoms with Crippen LogP contribution in [0.15, 0.2) is 0 Å². The molecule has 0 radical (unpaired) electrons. The molecule has 0 N–H and O–H groups in total. The summed E-state index contributed by atoms with van der Waals surface area (Å²) in [5.41, 5.74) is -0.0336. The van der Waals surface area contributed by atoms with E-state index in [9.17, 15) is 8.76 Å². The molecule has 0 aromatic rings. The molecule has 0 aliphatic heterocycles. The molecule has 0 saturated heterocycles. The maximum Gasteiger partial charge on any atom is 0.0653 e. The number of ether oxygens (including phenoxy) is 1. The van der Waals surface area contributed by atoms with Gasteiger partial charge in [0.25, 0.3) is 0 Å². The highest BCUT2D eigenvalue weighted by Crippen LogP contribution is 2.30. The van der Waals surface area contributed by atoms with Gasteiger partial charge in [0.1, 0.15) is 0 Å². The van der Waals surface area contributed by atoms with E-state index in [2.05, 4.69) is 20.8 Å². The van der Waals surface area contributed by atoms with Crippen LogP contribution in [0.3, 0.4) is 0 Å². The zero-order valence-electron chi connectivity index (χ0n) is 10.5. The molecule has 1 aliphatic rings. The third-order valence-electron chi connectivity index (χ3n) is 3.84. The standard InChI is InChI=1S/C12H24O3S/c1-4-12(3,5-2)15-10-6-8-11(9-7-10)16(13)14/h10-11H,4-9H2,1-3H3,(H,13,14)/p-1. The third-order valence-corrected chi connectivity index (χ3v) is 4.86. The Morgan fingerprint density at radius 2 is 1.75 bits per heavy atom. The van der Waals surface area contributed by atoms with Crippen LogP contribution in [0.4, 0.5) is 0 Å². The van der Waals surface area contributed by atoms with Crippen molar-refractivity contribution in [1.82, 2.24) is 0 Å². The zero-order valence-corrected chi connectivity index (χ0v) is 11.3. The molecule has 1 aliphatic carbocycles. The molecule has 0 spiro atoms. The first-order valence-corrected chi connectivity index (χ1v) is 7.40. The Hall–Kier alpha value is 0.0700. The number of hydrogen-bond acceptors (Lipinski definition) is 3. The molecule has 1 saturated carbocycles. The van der Waals surface area contributed by atoms with E-state index in [1.165, 1.54) is 0 Å². The first-order chi connectivity index (χ1) is 7.50. The number of hydrogen-bond donors (Lipinski definition) is 0. The fourth-order valence-corrected chi connectivity index (χ4v) is 2.82. The molecule has 0 aromatic heterocycles. The summed E-state index contributed by atoms with van der Waals surface area (Å²) < 4.78 is 27.7. The fourth-order valence-electron chi connectivity index (χ4n) is 2.16. The number of rotatable bonds is 5. The van der Waals surface area contributed by atoms with Gasteiger partial charge >= 0.3 is 0 Å². The van der Waals surface area contributed by atoms with Gasteiger partial charge in [-0.2, -0.15) is 0 Å². The second kappa shape index (κ2) is 6.12. The molecule has 4 heteroatoms. The van der Waals surface area contributed by atoms with Crippen LogP contribution in [0.2, 0.25) is 0 Å². The van der Waals surface area contributed by atoms with Crippen LogP contribution in [0.25, 0.3) is 0 Å². The molecule has 96 valence electrons. The van der Waals surface area contributed by atoms with Crippen molar-refractivity contribution in [2.24, 2.45) is 0 Å². The molecule has 0 aromatic carbocycles. The predicted molar refractivity (Wildman–Crippen MR) is 65.0 cm³/mol. The van der Waals surface area contributed by atoms with Crippen molar-refractivity contribution in [2.75, 3.05) is 0 Å². The van der Waals surface area contributed by atoms with E-state index in [1.54, 1.807) is 0 Å². The van der Waals surface area contributed by atoms with Crippen molar-refractivity contribution in [1.29, 1.82) is 0 Å². The van der Waals surface area contributed by atoms with E-state index in [4.69, 9.17) is 4.74 Å². The summed E-state index contributed by atoms with van der Waals surface area (Å²) >= 11 is -1.90. The Kier molecular flexibility index (Phi) is 5.41. The minimum Gasteiger partial charge on any atom is -0.772 e. The Morgan fingerprint density at radius 1 is 1.25 bits per heavy atom. The lowest BCUT2D eigenvalue weighted by molar-refractivity contribution is -0.0984. The van der Waals surface area contributed by atoms with E-state index < -0.39 is 11.1 Å². The van der Waals surface area contributed by atoms with E-state index in [0.29, 0.717) is 0 Å². The summed E-state index contributed by atoms with van der Waals surface area (Å²) in [6, 6.07) is 0. The maximum absolute atomic E-state index is 10.8. The van der Waals surface area contributed by atoms with E-state index in [0.717, 1.165) is 38.5 Å². The lowest BCUT2D eigenvalue weighted by atomic mass is 9.94. The molecule has 0 amide bonds. The van der Waals surface area contributed by atoms with Crippen LogP contribution in [-0.4, -0.2) is 25.7 Å². The average Bonchev–Trinajstić information content (AvgIpc) is 2.29. The predicted octanol–water partition coefficient (Wildman–Crippen LogP) is 2.77. The topological polar surface area (TPSA) is 49.4 Å². The highest BCUT2D eigenvalue weighted by molar-refractivity contribution is 7.79. The Balaban J connectivity index is 2.40. The Morgan fingerprint density at radius 3 is 2.12 bits per heavy atom. The van der Waals surface area contributed by atoms with Gasteiger partial charge in [-0.25, -0.2) is 0 Å². The summed E-state index contributed by atoms with van der Waals surface area (Å²) in [5, 5.41) is -0.144. The van der Waals surface area contributed by atoms with Crippen LogP contribution in [0.5, 0.6) is 0 Å². The van der Waals surface area contributed by atoms with Crippen molar-refractivity contribution in [3.8, 4) is 0 Å². The summed E-state index contributed by atoms with van der Waals surface area (Å²) in [6.07, 6.45) is 5.55. The highest BCUT2D eigenvalue weighted by atomic mass is 32.2. The molecule has 16 heavy (non-hydrogen) atoms. The van der Waals surface area contributed by atoms with Gasteiger partial charge in [0.05, 0.1) is 11.7 Å². The van der Waals surface area contributed by atoms with Gasteiger partial charge in [-0.1, -0.05) is 24.9 Å². The van der Waals surface area contributed by atoms with Crippen molar-refractivity contribution in [3.05, 3.63) is 0 Å². The van der Waals surface area contributed by atoms with Crippen LogP contribution < -0.4 is 0 Å². The van der Waals surface area contributed by atoms with Gasteiger partial charge < -0.3 is 9.29 Å². The molecule has 0 heterocycles. The second-order valence-electron chi connectivity index (χ2n) is 4.93. The zero-order chi connectivity index (χ0) is 12.2. The quantitative estimate of drug-likeness (QED) is 0.702. The van der Waals surface area contributed by atoms with Crippen LogP contribution >= 0.6 is 0 Å². The highest BCUT2D eigenvalue weighted by Gasteiger charge is 2.28. The molecule has 1 fully saturated rings. The fraction of sp³-hybridized carbons (Fsp3) is 1.00. The van der Waals surface area contributed by atoms with Crippen LogP contribution in [-0.2, 0) is 15.8 Å². The monoisotopic (exact) mass is 247 g/mol.